The van der Waals surface area contributed by atoms with Crippen molar-refractivity contribution in [1.29, 1.82) is 0 Å². The highest BCUT2D eigenvalue weighted by molar-refractivity contribution is 7.99. The monoisotopic (exact) mass is 251 g/mol. The average Bonchev–Trinajstić information content (AvgIpc) is 2.71. The van der Waals surface area contributed by atoms with Gasteiger partial charge < -0.3 is 15.4 Å². The molecule has 0 spiro atoms. The van der Waals surface area contributed by atoms with E-state index in [9.17, 15) is 4.79 Å². The lowest BCUT2D eigenvalue weighted by Gasteiger charge is -2.08. The van der Waals surface area contributed by atoms with Gasteiger partial charge in [0.2, 0.25) is 0 Å². The Hall–Kier alpha value is -1.53. The van der Waals surface area contributed by atoms with Crippen LogP contribution in [0.5, 0.6) is 0 Å². The lowest BCUT2D eigenvalue weighted by atomic mass is 10.3. The molecule has 0 fully saturated rings. The number of hydrogen-bond acceptors (Lipinski definition) is 4. The minimum atomic E-state index is -0.851. The number of H-pyrrole nitrogens is 1. The molecular weight excluding hydrogens is 238 g/mol. The summed E-state index contributed by atoms with van der Waals surface area (Å²) in [5.74, 6) is -0.415. The molecule has 1 atom stereocenters. The second kappa shape index (κ2) is 5.20. The van der Waals surface area contributed by atoms with Gasteiger partial charge in [0.15, 0.2) is 5.16 Å². The molecule has 0 aliphatic rings. The summed E-state index contributed by atoms with van der Waals surface area (Å²) < 4.78 is 0. The van der Waals surface area contributed by atoms with Crippen molar-refractivity contribution in [2.45, 2.75) is 11.2 Å². The number of carboxylic acids is 1. The minimum absolute atomic E-state index is 0.436. The topological polar surface area (TPSA) is 78.0 Å². The number of nitrogens with zero attached hydrogens (tertiary/aromatic N) is 1. The summed E-state index contributed by atoms with van der Waals surface area (Å²) in [7, 11) is 1.64. The molecule has 0 saturated heterocycles. The number of imidazole rings is 1. The van der Waals surface area contributed by atoms with Gasteiger partial charge in [-0.05, 0) is 19.2 Å². The second-order valence-corrected chi connectivity index (χ2v) is 4.56. The number of fused-ring (bicyclic) bond motifs is 1. The number of rotatable bonds is 5. The third-order valence-corrected chi connectivity index (χ3v) is 3.37. The second-order valence-electron chi connectivity index (χ2n) is 3.55. The molecule has 1 aromatic heterocycles. The number of thioether (sulfide) groups is 1. The summed E-state index contributed by atoms with van der Waals surface area (Å²) >= 11 is 1.40. The van der Waals surface area contributed by atoms with Crippen molar-refractivity contribution in [2.75, 3.05) is 12.8 Å². The van der Waals surface area contributed by atoms with Crippen LogP contribution in [0.15, 0.2) is 29.4 Å². The summed E-state index contributed by atoms with van der Waals surface area (Å²) in [5, 5.41) is 12.4. The molecule has 0 saturated carbocycles. The first kappa shape index (κ1) is 11.9. The van der Waals surface area contributed by atoms with Gasteiger partial charge in [0.1, 0.15) is 6.04 Å². The largest absolute Gasteiger partial charge is 0.480 e. The molecule has 0 radical (unpaired) electrons. The number of aromatic nitrogens is 2. The standard InChI is InChI=1S/C11H13N3O2S/c1-12-9(10(15)16)6-17-11-13-7-4-2-3-5-8(7)14-11/h2-5,9,12H,6H2,1H3,(H,13,14)(H,15,16). The Morgan fingerprint density at radius 1 is 1.59 bits per heavy atom. The summed E-state index contributed by atoms with van der Waals surface area (Å²) in [4.78, 5) is 18.3. The van der Waals surface area contributed by atoms with E-state index in [1.165, 1.54) is 11.8 Å². The normalized spacial score (nSPS) is 12.8. The van der Waals surface area contributed by atoms with Gasteiger partial charge in [0.25, 0.3) is 0 Å². The Balaban J connectivity index is 2.06. The highest BCUT2D eigenvalue weighted by Crippen LogP contribution is 2.19. The molecule has 2 rings (SSSR count). The predicted molar refractivity (Wildman–Crippen MR) is 67.3 cm³/mol. The summed E-state index contributed by atoms with van der Waals surface area (Å²) in [6.45, 7) is 0. The molecule has 0 bridgehead atoms. The van der Waals surface area contributed by atoms with Crippen molar-refractivity contribution in [3.63, 3.8) is 0 Å². The van der Waals surface area contributed by atoms with E-state index in [-0.39, 0.29) is 0 Å². The van der Waals surface area contributed by atoms with Gasteiger partial charge in [-0.15, -0.1) is 0 Å². The fraction of sp³-hybridized carbons (Fsp3) is 0.273. The van der Waals surface area contributed by atoms with Crippen LogP contribution < -0.4 is 5.32 Å². The van der Waals surface area contributed by atoms with Crippen LogP contribution in [0.25, 0.3) is 11.0 Å². The smallest absolute Gasteiger partial charge is 0.321 e. The van der Waals surface area contributed by atoms with Crippen LogP contribution in [0.3, 0.4) is 0 Å². The van der Waals surface area contributed by atoms with Crippen LogP contribution in [0, 0.1) is 0 Å². The first-order valence-electron chi connectivity index (χ1n) is 5.18. The number of para-hydroxylation sites is 2. The molecular formula is C11H13N3O2S. The Morgan fingerprint density at radius 2 is 2.35 bits per heavy atom. The third kappa shape index (κ3) is 2.78. The first-order chi connectivity index (χ1) is 8.20. The number of carboxylic acid groups (broad SMARTS) is 1. The zero-order valence-corrected chi connectivity index (χ0v) is 10.1. The van der Waals surface area contributed by atoms with Gasteiger partial charge in [-0.1, -0.05) is 23.9 Å². The molecule has 1 aromatic carbocycles. The summed E-state index contributed by atoms with van der Waals surface area (Å²) in [6, 6.07) is 7.16. The predicted octanol–water partition coefficient (Wildman–Crippen LogP) is 1.33. The number of carbonyl (C=O) groups is 1. The molecule has 5 nitrogen and oxygen atoms in total. The van der Waals surface area contributed by atoms with E-state index in [4.69, 9.17) is 5.11 Å². The lowest BCUT2D eigenvalue weighted by molar-refractivity contribution is -0.138. The molecule has 2 aromatic rings. The maximum Gasteiger partial charge on any atom is 0.321 e. The van der Waals surface area contributed by atoms with Crippen LogP contribution >= 0.6 is 11.8 Å². The van der Waals surface area contributed by atoms with Crippen molar-refractivity contribution in [1.82, 2.24) is 15.3 Å². The lowest BCUT2D eigenvalue weighted by Crippen LogP contribution is -2.35. The summed E-state index contributed by atoms with van der Waals surface area (Å²) in [5.41, 5.74) is 1.86. The van der Waals surface area contributed by atoms with Gasteiger partial charge in [-0.3, -0.25) is 4.79 Å². The fourth-order valence-electron chi connectivity index (χ4n) is 1.44. The third-order valence-electron chi connectivity index (χ3n) is 2.40. The number of likely N-dealkylation sites (N-methyl/N-ethyl adjacent to an activating group) is 1. The Kier molecular flexibility index (Phi) is 3.65. The Morgan fingerprint density at radius 3 is 3.00 bits per heavy atom. The highest BCUT2D eigenvalue weighted by Gasteiger charge is 2.15. The van der Waals surface area contributed by atoms with Gasteiger partial charge in [0.05, 0.1) is 11.0 Å². The van der Waals surface area contributed by atoms with E-state index in [0.29, 0.717) is 5.75 Å². The van der Waals surface area contributed by atoms with E-state index in [0.717, 1.165) is 16.2 Å². The van der Waals surface area contributed by atoms with Crippen molar-refractivity contribution in [2.24, 2.45) is 0 Å². The highest BCUT2D eigenvalue weighted by atomic mass is 32.2. The molecule has 1 unspecified atom stereocenters. The van der Waals surface area contributed by atoms with Crippen LogP contribution in [0.2, 0.25) is 0 Å². The molecule has 0 amide bonds. The SMILES string of the molecule is CNC(CSc1nc2ccccc2[nH]1)C(=O)O. The molecule has 0 aliphatic carbocycles. The van der Waals surface area contributed by atoms with E-state index in [2.05, 4.69) is 15.3 Å². The number of aromatic amines is 1. The molecule has 1 heterocycles. The van der Waals surface area contributed by atoms with Gasteiger partial charge in [-0.2, -0.15) is 0 Å². The minimum Gasteiger partial charge on any atom is -0.480 e. The number of hydrogen-bond donors (Lipinski definition) is 3. The molecule has 3 N–H and O–H groups in total. The van der Waals surface area contributed by atoms with Crippen molar-refractivity contribution in [3.8, 4) is 0 Å². The number of nitrogens with one attached hydrogen (secondary N) is 2. The number of aliphatic carboxylic acids is 1. The van der Waals surface area contributed by atoms with Crippen molar-refractivity contribution in [3.05, 3.63) is 24.3 Å². The molecule has 17 heavy (non-hydrogen) atoms. The maximum atomic E-state index is 10.8. The molecule has 6 heteroatoms. The summed E-state index contributed by atoms with van der Waals surface area (Å²) in [6.07, 6.45) is 0. The Labute approximate surface area is 103 Å². The van der Waals surface area contributed by atoms with Crippen molar-refractivity contribution >= 4 is 28.8 Å². The quantitative estimate of drug-likeness (QED) is 0.699. The zero-order valence-electron chi connectivity index (χ0n) is 9.30. The van der Waals surface area contributed by atoms with Crippen LogP contribution in [-0.2, 0) is 4.79 Å². The van der Waals surface area contributed by atoms with E-state index >= 15 is 0 Å². The van der Waals surface area contributed by atoms with E-state index in [1.54, 1.807) is 7.05 Å². The number of benzene rings is 1. The Bertz CT molecular complexity index is 493. The van der Waals surface area contributed by atoms with E-state index in [1.807, 2.05) is 24.3 Å². The average molecular weight is 251 g/mol. The maximum absolute atomic E-state index is 10.8. The van der Waals surface area contributed by atoms with Crippen LogP contribution in [0.1, 0.15) is 0 Å². The van der Waals surface area contributed by atoms with Gasteiger partial charge >= 0.3 is 5.97 Å². The van der Waals surface area contributed by atoms with Crippen molar-refractivity contribution < 1.29 is 9.90 Å². The van der Waals surface area contributed by atoms with Gasteiger partial charge in [0, 0.05) is 5.75 Å². The van der Waals surface area contributed by atoms with Crippen LogP contribution in [0.4, 0.5) is 0 Å². The van der Waals surface area contributed by atoms with Gasteiger partial charge in [-0.25, -0.2) is 4.98 Å². The zero-order chi connectivity index (χ0) is 12.3. The van der Waals surface area contributed by atoms with E-state index < -0.39 is 12.0 Å². The molecule has 0 aliphatic heterocycles. The fourth-order valence-corrected chi connectivity index (χ4v) is 2.42. The first-order valence-corrected chi connectivity index (χ1v) is 6.17. The molecule has 90 valence electrons. The van der Waals surface area contributed by atoms with Crippen LogP contribution in [-0.4, -0.2) is 39.9 Å².